The van der Waals surface area contributed by atoms with Gasteiger partial charge in [0.15, 0.2) is 11.5 Å². The van der Waals surface area contributed by atoms with E-state index < -0.39 is 12.1 Å². The highest BCUT2D eigenvalue weighted by molar-refractivity contribution is 5.67. The van der Waals surface area contributed by atoms with E-state index in [2.05, 4.69) is 14.9 Å². The number of carbonyl (C=O) groups is 1. The number of benzene rings is 1. The fourth-order valence-electron chi connectivity index (χ4n) is 4.82. The van der Waals surface area contributed by atoms with Gasteiger partial charge in [0.2, 0.25) is 6.79 Å². The molecule has 8 heteroatoms. The van der Waals surface area contributed by atoms with E-state index in [-0.39, 0.29) is 24.7 Å². The Bertz CT molecular complexity index is 876. The average molecular weight is 354 g/mol. The molecule has 3 aliphatic heterocycles. The molecular weight excluding hydrogens is 336 g/mol. The Labute approximate surface area is 149 Å². The van der Waals surface area contributed by atoms with Gasteiger partial charge in [0.25, 0.3) is 0 Å². The molecule has 0 bridgehead atoms. The summed E-state index contributed by atoms with van der Waals surface area (Å²) in [5.41, 5.74) is 12.5. The average Bonchev–Trinajstić information content (AvgIpc) is 3.22. The highest BCUT2D eigenvalue weighted by atomic mass is 16.7. The lowest BCUT2D eigenvalue weighted by molar-refractivity contribution is -0.149. The van der Waals surface area contributed by atoms with Crippen molar-refractivity contribution in [3.8, 4) is 11.5 Å². The van der Waals surface area contributed by atoms with Crippen LogP contribution in [-0.2, 0) is 16.1 Å². The number of azide groups is 1. The van der Waals surface area contributed by atoms with Crippen LogP contribution in [0.15, 0.2) is 28.9 Å². The molecule has 0 spiro atoms. The first kappa shape index (κ1) is 15.5. The summed E-state index contributed by atoms with van der Waals surface area (Å²) in [7, 11) is 0. The Morgan fingerprint density at radius 2 is 2.19 bits per heavy atom. The minimum Gasteiger partial charge on any atom is -0.461 e. The summed E-state index contributed by atoms with van der Waals surface area (Å²) in [5.74, 6) is 1.01. The maximum absolute atomic E-state index is 11.8. The number of esters is 1. The topological polar surface area (TPSA) is 96.8 Å². The minimum absolute atomic E-state index is 0.0878. The summed E-state index contributed by atoms with van der Waals surface area (Å²) in [6, 6.07) is 3.69. The molecule has 1 aromatic rings. The largest absolute Gasteiger partial charge is 0.461 e. The molecule has 1 aromatic carbocycles. The van der Waals surface area contributed by atoms with E-state index in [4.69, 9.17) is 19.7 Å². The number of ether oxygens (including phenoxy) is 3. The molecule has 3 heterocycles. The Balaban J connectivity index is 1.68. The first-order valence-electron chi connectivity index (χ1n) is 8.74. The Kier molecular flexibility index (Phi) is 3.38. The normalized spacial score (nSPS) is 30.7. The first-order valence-corrected chi connectivity index (χ1v) is 8.74. The molecule has 4 atom stereocenters. The van der Waals surface area contributed by atoms with Crippen LogP contribution in [0.3, 0.4) is 0 Å². The maximum Gasteiger partial charge on any atom is 0.302 e. The van der Waals surface area contributed by atoms with Gasteiger partial charge in [0.05, 0.1) is 6.04 Å². The van der Waals surface area contributed by atoms with E-state index in [1.165, 1.54) is 12.5 Å². The van der Waals surface area contributed by atoms with Gasteiger partial charge in [-0.15, -0.1) is 0 Å². The van der Waals surface area contributed by atoms with Crippen LogP contribution < -0.4 is 9.47 Å². The molecule has 8 nitrogen and oxygen atoms in total. The Morgan fingerprint density at radius 1 is 1.38 bits per heavy atom. The van der Waals surface area contributed by atoms with E-state index in [0.29, 0.717) is 5.75 Å². The lowest BCUT2D eigenvalue weighted by atomic mass is 9.72. The molecule has 0 radical (unpaired) electrons. The highest BCUT2D eigenvalue weighted by Gasteiger charge is 2.50. The standard InChI is InChI=1S/C18H18N4O4/c1-9(23)26-18-13(20-21-19)4-10-2-3-22-7-11-5-14-15(25-8-24-14)6-12(11)16(18)17(10)22/h4-6,13,16-18H,2-3,7-8H2,1H3/t13?,16-,17?,18+/m0/s1. The molecule has 0 N–H and O–H groups in total. The van der Waals surface area contributed by atoms with Crippen LogP contribution in [0.2, 0.25) is 0 Å². The Morgan fingerprint density at radius 3 is 2.96 bits per heavy atom. The molecular formula is C18H18N4O4. The zero-order valence-corrected chi connectivity index (χ0v) is 14.3. The van der Waals surface area contributed by atoms with E-state index in [1.54, 1.807) is 0 Å². The van der Waals surface area contributed by atoms with E-state index in [1.807, 2.05) is 18.2 Å². The zero-order chi connectivity index (χ0) is 17.8. The number of fused-ring (bicyclic) bond motifs is 3. The first-order chi connectivity index (χ1) is 12.7. The molecule has 2 unspecified atom stereocenters. The van der Waals surface area contributed by atoms with E-state index in [9.17, 15) is 4.79 Å². The van der Waals surface area contributed by atoms with Gasteiger partial charge in [-0.1, -0.05) is 16.8 Å². The van der Waals surface area contributed by atoms with Crippen molar-refractivity contribution in [2.24, 2.45) is 5.11 Å². The number of hydrogen-bond donors (Lipinski definition) is 0. The van der Waals surface area contributed by atoms with Gasteiger partial charge in [-0.2, -0.15) is 0 Å². The summed E-state index contributed by atoms with van der Waals surface area (Å²) in [5, 5.41) is 3.92. The Hall–Kier alpha value is -2.70. The van der Waals surface area contributed by atoms with Crippen LogP contribution >= 0.6 is 0 Å². The van der Waals surface area contributed by atoms with Gasteiger partial charge in [-0.05, 0) is 35.2 Å². The van der Waals surface area contributed by atoms with Crippen molar-refractivity contribution in [1.29, 1.82) is 0 Å². The number of hydrogen-bond acceptors (Lipinski definition) is 6. The van der Waals surface area contributed by atoms with E-state index in [0.717, 1.165) is 36.4 Å². The summed E-state index contributed by atoms with van der Waals surface area (Å²) in [4.78, 5) is 17.2. The SMILES string of the molecule is CC(=O)O[C@@H]1C(N=[N+]=[N-])C=C2CCN3Cc4cc5c(cc4[C@H]1C23)OCO5. The van der Waals surface area contributed by atoms with Crippen LogP contribution in [0, 0.1) is 0 Å². The van der Waals surface area contributed by atoms with Gasteiger partial charge in [-0.3, -0.25) is 9.69 Å². The summed E-state index contributed by atoms with van der Waals surface area (Å²) < 4.78 is 16.8. The third-order valence-corrected chi connectivity index (χ3v) is 5.73. The third kappa shape index (κ3) is 2.19. The molecule has 0 saturated carbocycles. The molecule has 4 aliphatic rings. The minimum atomic E-state index is -0.530. The van der Waals surface area contributed by atoms with Gasteiger partial charge in [0, 0.05) is 36.9 Å². The molecule has 0 aromatic heterocycles. The predicted molar refractivity (Wildman–Crippen MR) is 90.7 cm³/mol. The van der Waals surface area contributed by atoms with Gasteiger partial charge in [0.1, 0.15) is 6.10 Å². The van der Waals surface area contributed by atoms with Crippen LogP contribution in [0.1, 0.15) is 30.4 Å². The third-order valence-electron chi connectivity index (χ3n) is 5.73. The maximum atomic E-state index is 11.8. The van der Waals surface area contributed by atoms with Crippen LogP contribution in [0.5, 0.6) is 11.5 Å². The second kappa shape index (κ2) is 5.65. The van der Waals surface area contributed by atoms with Crippen molar-refractivity contribution in [1.82, 2.24) is 4.90 Å². The lowest BCUT2D eigenvalue weighted by Gasteiger charge is -2.45. The second-order valence-electron chi connectivity index (χ2n) is 7.11. The molecule has 134 valence electrons. The summed E-state index contributed by atoms with van der Waals surface area (Å²) in [6.45, 7) is 3.37. The second-order valence-corrected chi connectivity index (χ2v) is 7.11. The van der Waals surface area contributed by atoms with Crippen molar-refractivity contribution in [2.45, 2.75) is 44.0 Å². The monoisotopic (exact) mass is 354 g/mol. The molecule has 0 amide bonds. The van der Waals surface area contributed by atoms with Crippen molar-refractivity contribution in [3.63, 3.8) is 0 Å². The fourth-order valence-corrected chi connectivity index (χ4v) is 4.82. The fraction of sp³-hybridized carbons (Fsp3) is 0.500. The molecule has 1 saturated heterocycles. The van der Waals surface area contributed by atoms with Crippen molar-refractivity contribution >= 4 is 5.97 Å². The molecule has 1 aliphatic carbocycles. The van der Waals surface area contributed by atoms with E-state index >= 15 is 0 Å². The molecule has 1 fully saturated rings. The van der Waals surface area contributed by atoms with Crippen molar-refractivity contribution < 1.29 is 19.0 Å². The smallest absolute Gasteiger partial charge is 0.302 e. The van der Waals surface area contributed by atoms with Crippen LogP contribution in [-0.4, -0.2) is 42.4 Å². The van der Waals surface area contributed by atoms with Gasteiger partial charge < -0.3 is 14.2 Å². The molecule has 26 heavy (non-hydrogen) atoms. The predicted octanol–water partition coefficient (Wildman–Crippen LogP) is 2.64. The number of carbonyl (C=O) groups excluding carboxylic acids is 1. The number of rotatable bonds is 2. The highest BCUT2D eigenvalue weighted by Crippen LogP contribution is 2.50. The van der Waals surface area contributed by atoms with Crippen LogP contribution in [0.4, 0.5) is 0 Å². The van der Waals surface area contributed by atoms with Crippen molar-refractivity contribution in [2.75, 3.05) is 13.3 Å². The summed E-state index contributed by atoms with van der Waals surface area (Å²) >= 11 is 0. The zero-order valence-electron chi connectivity index (χ0n) is 14.3. The van der Waals surface area contributed by atoms with Gasteiger partial charge >= 0.3 is 5.97 Å². The summed E-state index contributed by atoms with van der Waals surface area (Å²) in [6.07, 6.45) is 2.40. The quantitative estimate of drug-likeness (QED) is 0.267. The molecule has 5 rings (SSSR count). The number of nitrogens with zero attached hydrogens (tertiary/aromatic N) is 4. The lowest BCUT2D eigenvalue weighted by Crippen LogP contribution is -2.50. The van der Waals surface area contributed by atoms with Crippen molar-refractivity contribution in [3.05, 3.63) is 45.4 Å². The van der Waals surface area contributed by atoms with Gasteiger partial charge in [-0.25, -0.2) is 0 Å². The van der Waals surface area contributed by atoms with Crippen LogP contribution in [0.25, 0.3) is 10.4 Å².